The van der Waals surface area contributed by atoms with Gasteiger partial charge in [0.05, 0.1) is 19.8 Å². The Hall–Kier alpha value is -2.00. The van der Waals surface area contributed by atoms with Crippen LogP contribution >= 0.6 is 23.1 Å². The number of ether oxygens (including phenoxy) is 1. The van der Waals surface area contributed by atoms with Gasteiger partial charge in [0.1, 0.15) is 15.7 Å². The average Bonchev–Trinajstić information content (AvgIpc) is 3.08. The number of carbonyl (C=O) groups is 1. The molecule has 1 N–H and O–H groups in total. The summed E-state index contributed by atoms with van der Waals surface area (Å²) >= 11 is 3.49. The third kappa shape index (κ3) is 5.97. The number of nitrogens with one attached hydrogen (secondary N) is 1. The van der Waals surface area contributed by atoms with Gasteiger partial charge >= 0.3 is 0 Å². The van der Waals surface area contributed by atoms with Crippen LogP contribution in [-0.4, -0.2) is 52.8 Å². The first-order chi connectivity index (χ1) is 16.3. The molecule has 1 amide bonds. The van der Waals surface area contributed by atoms with Crippen molar-refractivity contribution in [1.82, 2.24) is 14.9 Å². The summed E-state index contributed by atoms with van der Waals surface area (Å²) in [5.41, 5.74) is 5.65. The largest absolute Gasteiger partial charge is 0.379 e. The summed E-state index contributed by atoms with van der Waals surface area (Å²) in [7, 11) is 0. The molecular weight excluding hydrogens is 464 g/mol. The Morgan fingerprint density at radius 3 is 2.53 bits per heavy atom. The molecule has 182 valence electrons. The molecule has 0 bridgehead atoms. The smallest absolute Gasteiger partial charge is 0.224 e. The standard InChI is InChI=1S/C26H34N4O2S2/c1-16-13-17(2)24(18(3)14-16)29-22(31)7-6-12-33-25-23-19(4)20(5)34-26(23)28-21(27-25)15-30-8-10-32-11-9-30/h13-14H,6-12,15H2,1-5H3,(H,29,31). The van der Waals surface area contributed by atoms with Crippen molar-refractivity contribution in [1.29, 1.82) is 0 Å². The van der Waals surface area contributed by atoms with Gasteiger partial charge in [-0.05, 0) is 57.7 Å². The van der Waals surface area contributed by atoms with E-state index in [4.69, 9.17) is 14.7 Å². The molecule has 8 heteroatoms. The van der Waals surface area contributed by atoms with E-state index in [-0.39, 0.29) is 5.91 Å². The maximum absolute atomic E-state index is 12.6. The summed E-state index contributed by atoms with van der Waals surface area (Å²) in [4.78, 5) is 27.2. The van der Waals surface area contributed by atoms with Gasteiger partial charge in [0.25, 0.3) is 0 Å². The number of carbonyl (C=O) groups excluding carboxylic acids is 1. The second kappa shape index (κ2) is 11.2. The van der Waals surface area contributed by atoms with E-state index >= 15 is 0 Å². The molecule has 0 spiro atoms. The monoisotopic (exact) mass is 498 g/mol. The molecule has 0 saturated carbocycles. The fourth-order valence-electron chi connectivity index (χ4n) is 4.37. The van der Waals surface area contributed by atoms with E-state index in [1.807, 2.05) is 13.8 Å². The van der Waals surface area contributed by atoms with E-state index in [0.717, 1.165) is 77.5 Å². The van der Waals surface area contributed by atoms with Gasteiger partial charge in [0.15, 0.2) is 0 Å². The molecular formula is C26H34N4O2S2. The van der Waals surface area contributed by atoms with Gasteiger partial charge in [-0.3, -0.25) is 9.69 Å². The Labute approximate surface area is 210 Å². The van der Waals surface area contributed by atoms with Crippen LogP contribution in [0.25, 0.3) is 10.2 Å². The highest BCUT2D eigenvalue weighted by Crippen LogP contribution is 2.35. The van der Waals surface area contributed by atoms with Crippen molar-refractivity contribution >= 4 is 44.9 Å². The number of aryl methyl sites for hydroxylation is 5. The molecule has 3 heterocycles. The lowest BCUT2D eigenvalue weighted by atomic mass is 10.0. The van der Waals surface area contributed by atoms with E-state index in [1.165, 1.54) is 21.4 Å². The zero-order chi connectivity index (χ0) is 24.2. The molecule has 4 rings (SSSR count). The van der Waals surface area contributed by atoms with Gasteiger partial charge in [-0.2, -0.15) is 0 Å². The fraction of sp³-hybridized carbons (Fsp3) is 0.500. The number of morpholine rings is 1. The Kier molecular flexibility index (Phi) is 8.24. The molecule has 1 fully saturated rings. The number of amides is 1. The van der Waals surface area contributed by atoms with Crippen LogP contribution in [0.15, 0.2) is 17.2 Å². The summed E-state index contributed by atoms with van der Waals surface area (Å²) in [5.74, 6) is 1.79. The van der Waals surface area contributed by atoms with Crippen molar-refractivity contribution in [3.05, 3.63) is 45.1 Å². The van der Waals surface area contributed by atoms with Crippen molar-refractivity contribution in [2.24, 2.45) is 0 Å². The molecule has 0 unspecified atom stereocenters. The second-order valence-corrected chi connectivity index (χ2v) is 11.4. The molecule has 6 nitrogen and oxygen atoms in total. The molecule has 2 aromatic heterocycles. The summed E-state index contributed by atoms with van der Waals surface area (Å²) in [6.07, 6.45) is 1.29. The minimum Gasteiger partial charge on any atom is -0.379 e. The van der Waals surface area contributed by atoms with Crippen LogP contribution in [0.2, 0.25) is 0 Å². The van der Waals surface area contributed by atoms with E-state index in [2.05, 4.69) is 43.1 Å². The summed E-state index contributed by atoms with van der Waals surface area (Å²) < 4.78 is 5.47. The predicted molar refractivity (Wildman–Crippen MR) is 142 cm³/mol. The maximum atomic E-state index is 12.6. The van der Waals surface area contributed by atoms with Crippen LogP contribution in [0.4, 0.5) is 5.69 Å². The van der Waals surface area contributed by atoms with Gasteiger partial charge in [0.2, 0.25) is 5.91 Å². The van der Waals surface area contributed by atoms with E-state index in [9.17, 15) is 4.79 Å². The van der Waals surface area contributed by atoms with Gasteiger partial charge in [-0.1, -0.05) is 17.7 Å². The van der Waals surface area contributed by atoms with E-state index < -0.39 is 0 Å². The minimum atomic E-state index is 0.0686. The third-order valence-corrected chi connectivity index (χ3v) is 8.40. The molecule has 1 aliphatic heterocycles. The third-order valence-electron chi connectivity index (χ3n) is 6.24. The molecule has 1 aliphatic rings. The number of thioether (sulfide) groups is 1. The molecule has 1 aromatic carbocycles. The van der Waals surface area contributed by atoms with Crippen LogP contribution in [0.1, 0.15) is 45.8 Å². The highest BCUT2D eigenvalue weighted by Gasteiger charge is 2.18. The number of fused-ring (bicyclic) bond motifs is 1. The lowest BCUT2D eigenvalue weighted by molar-refractivity contribution is -0.116. The molecule has 0 atom stereocenters. The summed E-state index contributed by atoms with van der Waals surface area (Å²) in [6, 6.07) is 4.22. The zero-order valence-corrected chi connectivity index (χ0v) is 22.4. The number of benzene rings is 1. The van der Waals surface area contributed by atoms with Gasteiger partial charge in [0, 0.05) is 41.2 Å². The Morgan fingerprint density at radius 2 is 1.82 bits per heavy atom. The number of nitrogens with zero attached hydrogens (tertiary/aromatic N) is 3. The Morgan fingerprint density at radius 1 is 1.12 bits per heavy atom. The van der Waals surface area contributed by atoms with Crippen molar-refractivity contribution in [2.75, 3.05) is 37.4 Å². The van der Waals surface area contributed by atoms with Crippen molar-refractivity contribution < 1.29 is 9.53 Å². The number of anilines is 1. The zero-order valence-electron chi connectivity index (χ0n) is 20.8. The highest BCUT2D eigenvalue weighted by molar-refractivity contribution is 7.99. The Balaban J connectivity index is 1.39. The van der Waals surface area contributed by atoms with Crippen LogP contribution in [0.3, 0.4) is 0 Å². The highest BCUT2D eigenvalue weighted by atomic mass is 32.2. The maximum Gasteiger partial charge on any atom is 0.224 e. The fourth-order valence-corrected chi connectivity index (χ4v) is 6.53. The first-order valence-electron chi connectivity index (χ1n) is 11.9. The predicted octanol–water partition coefficient (Wildman–Crippen LogP) is 5.58. The lowest BCUT2D eigenvalue weighted by Gasteiger charge is -2.25. The summed E-state index contributed by atoms with van der Waals surface area (Å²) in [5, 5.41) is 5.33. The first-order valence-corrected chi connectivity index (χ1v) is 13.7. The van der Waals surface area contributed by atoms with Crippen LogP contribution < -0.4 is 5.32 Å². The van der Waals surface area contributed by atoms with Crippen molar-refractivity contribution in [2.45, 2.75) is 59.0 Å². The molecule has 0 aliphatic carbocycles. The van der Waals surface area contributed by atoms with Crippen molar-refractivity contribution in [3.63, 3.8) is 0 Å². The number of thiophene rings is 1. The molecule has 0 radical (unpaired) electrons. The van der Waals surface area contributed by atoms with Crippen LogP contribution in [0, 0.1) is 34.6 Å². The molecule has 3 aromatic rings. The number of hydrogen-bond acceptors (Lipinski definition) is 7. The van der Waals surface area contributed by atoms with Gasteiger partial charge < -0.3 is 10.1 Å². The van der Waals surface area contributed by atoms with Crippen LogP contribution in [0.5, 0.6) is 0 Å². The van der Waals surface area contributed by atoms with E-state index in [1.54, 1.807) is 23.1 Å². The lowest BCUT2D eigenvalue weighted by Crippen LogP contribution is -2.36. The second-order valence-electron chi connectivity index (χ2n) is 9.07. The number of hydrogen-bond donors (Lipinski definition) is 1. The number of aromatic nitrogens is 2. The minimum absolute atomic E-state index is 0.0686. The summed E-state index contributed by atoms with van der Waals surface area (Å²) in [6.45, 7) is 14.6. The normalized spacial score (nSPS) is 14.6. The molecule has 34 heavy (non-hydrogen) atoms. The number of rotatable bonds is 8. The topological polar surface area (TPSA) is 67.4 Å². The average molecular weight is 499 g/mol. The van der Waals surface area contributed by atoms with Gasteiger partial charge in [-0.15, -0.1) is 23.1 Å². The first kappa shape index (κ1) is 25.1. The molecule has 1 saturated heterocycles. The quantitative estimate of drug-likeness (QED) is 0.249. The SMILES string of the molecule is Cc1cc(C)c(NC(=O)CCCSc2nc(CN3CCOCC3)nc3sc(C)c(C)c23)c(C)c1. The van der Waals surface area contributed by atoms with Crippen molar-refractivity contribution in [3.8, 4) is 0 Å². The van der Waals surface area contributed by atoms with Crippen LogP contribution in [-0.2, 0) is 16.1 Å². The Bertz CT molecular complexity index is 1160. The van der Waals surface area contributed by atoms with Gasteiger partial charge in [-0.25, -0.2) is 9.97 Å². The van der Waals surface area contributed by atoms with E-state index in [0.29, 0.717) is 6.42 Å².